The highest BCUT2D eigenvalue weighted by molar-refractivity contribution is 5.86. The molecular weight excluding hydrogens is 356 g/mol. The van der Waals surface area contributed by atoms with Gasteiger partial charge in [-0.25, -0.2) is 0 Å². The van der Waals surface area contributed by atoms with Crippen LogP contribution in [0, 0.1) is 6.92 Å². The molecule has 0 saturated heterocycles. The van der Waals surface area contributed by atoms with Crippen LogP contribution in [0.4, 0.5) is 0 Å². The van der Waals surface area contributed by atoms with Crippen molar-refractivity contribution in [2.24, 2.45) is 0 Å². The third-order valence-corrected chi connectivity index (χ3v) is 5.63. The lowest BCUT2D eigenvalue weighted by Crippen LogP contribution is -1.99. The first-order valence-corrected chi connectivity index (χ1v) is 12.0. The SMILES string of the molecule is CCCCCCCCOc1ccc2cc(C)c(OCCCCCCCC)cc2c1. The molecule has 2 aromatic rings. The van der Waals surface area contributed by atoms with Crippen LogP contribution in [-0.4, -0.2) is 13.2 Å². The molecule has 162 valence electrons. The van der Waals surface area contributed by atoms with Crippen LogP contribution >= 0.6 is 0 Å². The molecule has 0 aromatic heterocycles. The minimum absolute atomic E-state index is 0.810. The van der Waals surface area contributed by atoms with Gasteiger partial charge in [-0.1, -0.05) is 84.1 Å². The van der Waals surface area contributed by atoms with Crippen LogP contribution in [-0.2, 0) is 0 Å². The first-order chi connectivity index (χ1) is 14.2. The van der Waals surface area contributed by atoms with E-state index in [0.717, 1.165) is 37.6 Å². The number of rotatable bonds is 16. The number of benzene rings is 2. The largest absolute Gasteiger partial charge is 0.494 e. The lowest BCUT2D eigenvalue weighted by molar-refractivity contribution is 0.302. The van der Waals surface area contributed by atoms with Gasteiger partial charge in [0.1, 0.15) is 11.5 Å². The van der Waals surface area contributed by atoms with Gasteiger partial charge in [-0.05, 0) is 60.4 Å². The number of fused-ring (bicyclic) bond motifs is 1. The van der Waals surface area contributed by atoms with E-state index >= 15 is 0 Å². The summed E-state index contributed by atoms with van der Waals surface area (Å²) in [6.45, 7) is 8.28. The lowest BCUT2D eigenvalue weighted by atomic mass is 10.1. The van der Waals surface area contributed by atoms with Gasteiger partial charge in [-0.2, -0.15) is 0 Å². The normalized spacial score (nSPS) is 11.1. The van der Waals surface area contributed by atoms with E-state index in [0.29, 0.717) is 0 Å². The Kier molecular flexibility index (Phi) is 11.6. The fourth-order valence-corrected chi connectivity index (χ4v) is 3.75. The van der Waals surface area contributed by atoms with Crippen LogP contribution in [0.15, 0.2) is 30.3 Å². The molecule has 2 aromatic carbocycles. The van der Waals surface area contributed by atoms with Gasteiger partial charge >= 0.3 is 0 Å². The molecular formula is C27H42O2. The van der Waals surface area contributed by atoms with Crippen molar-refractivity contribution in [3.8, 4) is 11.5 Å². The molecule has 0 aliphatic rings. The third kappa shape index (κ3) is 9.10. The van der Waals surface area contributed by atoms with Crippen molar-refractivity contribution in [1.82, 2.24) is 0 Å². The van der Waals surface area contributed by atoms with Gasteiger partial charge in [0.2, 0.25) is 0 Å². The quantitative estimate of drug-likeness (QED) is 0.263. The van der Waals surface area contributed by atoms with Crippen molar-refractivity contribution in [2.75, 3.05) is 13.2 Å². The zero-order valence-electron chi connectivity index (χ0n) is 19.1. The molecule has 0 N–H and O–H groups in total. The average molecular weight is 399 g/mol. The van der Waals surface area contributed by atoms with E-state index < -0.39 is 0 Å². The predicted molar refractivity (Wildman–Crippen MR) is 126 cm³/mol. The van der Waals surface area contributed by atoms with Crippen molar-refractivity contribution in [2.45, 2.75) is 97.8 Å². The Hall–Kier alpha value is -1.70. The molecule has 2 heteroatoms. The van der Waals surface area contributed by atoms with E-state index in [4.69, 9.17) is 9.47 Å². The fourth-order valence-electron chi connectivity index (χ4n) is 3.75. The van der Waals surface area contributed by atoms with Gasteiger partial charge < -0.3 is 9.47 Å². The average Bonchev–Trinajstić information content (AvgIpc) is 2.73. The van der Waals surface area contributed by atoms with Crippen molar-refractivity contribution in [3.63, 3.8) is 0 Å². The molecule has 0 unspecified atom stereocenters. The maximum absolute atomic E-state index is 6.10. The molecule has 0 spiro atoms. The van der Waals surface area contributed by atoms with E-state index in [-0.39, 0.29) is 0 Å². The fraction of sp³-hybridized carbons (Fsp3) is 0.630. The molecule has 0 heterocycles. The highest BCUT2D eigenvalue weighted by Crippen LogP contribution is 2.29. The van der Waals surface area contributed by atoms with Crippen molar-refractivity contribution >= 4 is 10.8 Å². The summed E-state index contributed by atoms with van der Waals surface area (Å²) >= 11 is 0. The third-order valence-electron chi connectivity index (χ3n) is 5.63. The second kappa shape index (κ2) is 14.3. The molecule has 0 aliphatic carbocycles. The monoisotopic (exact) mass is 398 g/mol. The Morgan fingerprint density at radius 2 is 1.17 bits per heavy atom. The molecule has 0 amide bonds. The second-order valence-electron chi connectivity index (χ2n) is 8.36. The van der Waals surface area contributed by atoms with Gasteiger partial charge in [-0.3, -0.25) is 0 Å². The van der Waals surface area contributed by atoms with Crippen molar-refractivity contribution < 1.29 is 9.47 Å². The second-order valence-corrected chi connectivity index (χ2v) is 8.36. The maximum Gasteiger partial charge on any atom is 0.122 e. The molecule has 2 nitrogen and oxygen atoms in total. The predicted octanol–water partition coefficient (Wildman–Crippen LogP) is 8.63. The molecule has 0 aliphatic heterocycles. The van der Waals surface area contributed by atoms with Crippen LogP contribution < -0.4 is 9.47 Å². The first kappa shape index (κ1) is 23.6. The number of unbranched alkanes of at least 4 members (excludes halogenated alkanes) is 10. The van der Waals surface area contributed by atoms with E-state index in [2.05, 4.69) is 51.1 Å². The summed E-state index contributed by atoms with van der Waals surface area (Å²) in [4.78, 5) is 0. The molecule has 0 fully saturated rings. The minimum Gasteiger partial charge on any atom is -0.494 e. The lowest BCUT2D eigenvalue weighted by Gasteiger charge is -2.12. The van der Waals surface area contributed by atoms with Crippen molar-refractivity contribution in [1.29, 1.82) is 0 Å². The van der Waals surface area contributed by atoms with E-state index in [1.165, 1.54) is 80.5 Å². The van der Waals surface area contributed by atoms with Gasteiger partial charge in [0, 0.05) is 0 Å². The zero-order valence-corrected chi connectivity index (χ0v) is 19.1. The topological polar surface area (TPSA) is 18.5 Å². The summed E-state index contributed by atoms with van der Waals surface area (Å²) in [5, 5.41) is 2.45. The summed E-state index contributed by atoms with van der Waals surface area (Å²) in [5.74, 6) is 1.98. The summed E-state index contributed by atoms with van der Waals surface area (Å²) in [7, 11) is 0. The van der Waals surface area contributed by atoms with Crippen LogP contribution in [0.1, 0.15) is 96.5 Å². The van der Waals surface area contributed by atoms with E-state index in [9.17, 15) is 0 Å². The highest BCUT2D eigenvalue weighted by atomic mass is 16.5. The van der Waals surface area contributed by atoms with Crippen molar-refractivity contribution in [3.05, 3.63) is 35.9 Å². The Balaban J connectivity index is 1.80. The number of aryl methyl sites for hydroxylation is 1. The Labute approximate surface area is 179 Å². The molecule has 0 bridgehead atoms. The van der Waals surface area contributed by atoms with Gasteiger partial charge in [0.25, 0.3) is 0 Å². The number of hydrogen-bond acceptors (Lipinski definition) is 2. The smallest absolute Gasteiger partial charge is 0.122 e. The molecule has 2 rings (SSSR count). The van der Waals surface area contributed by atoms with Gasteiger partial charge in [0.05, 0.1) is 13.2 Å². The molecule has 0 radical (unpaired) electrons. The van der Waals surface area contributed by atoms with Crippen LogP contribution in [0.2, 0.25) is 0 Å². The Morgan fingerprint density at radius 1 is 0.586 bits per heavy atom. The highest BCUT2D eigenvalue weighted by Gasteiger charge is 2.05. The van der Waals surface area contributed by atoms with Crippen LogP contribution in [0.3, 0.4) is 0 Å². The molecule has 0 atom stereocenters. The Bertz CT molecular complexity index is 692. The summed E-state index contributed by atoms with van der Waals surface area (Å²) in [6.07, 6.45) is 15.5. The van der Waals surface area contributed by atoms with Crippen LogP contribution in [0.5, 0.6) is 11.5 Å². The van der Waals surface area contributed by atoms with E-state index in [1.807, 2.05) is 0 Å². The van der Waals surface area contributed by atoms with Gasteiger partial charge in [0.15, 0.2) is 0 Å². The zero-order chi connectivity index (χ0) is 20.7. The Morgan fingerprint density at radius 3 is 1.83 bits per heavy atom. The van der Waals surface area contributed by atoms with Gasteiger partial charge in [-0.15, -0.1) is 0 Å². The first-order valence-electron chi connectivity index (χ1n) is 12.0. The van der Waals surface area contributed by atoms with Crippen LogP contribution in [0.25, 0.3) is 10.8 Å². The summed E-state index contributed by atoms with van der Waals surface area (Å²) < 4.78 is 12.1. The van der Waals surface area contributed by atoms with E-state index in [1.54, 1.807) is 0 Å². The molecule has 29 heavy (non-hydrogen) atoms. The summed E-state index contributed by atoms with van der Waals surface area (Å²) in [5.41, 5.74) is 1.21. The standard InChI is InChI=1S/C27H42O2/c1-4-6-8-10-12-14-18-28-26-17-16-24-20-23(3)27(22-25(24)21-26)29-19-15-13-11-9-7-5-2/h16-17,20-22H,4-15,18-19H2,1-3H3. The maximum atomic E-state index is 6.10. The summed E-state index contributed by atoms with van der Waals surface area (Å²) in [6, 6.07) is 10.8. The molecule has 0 saturated carbocycles. The number of hydrogen-bond donors (Lipinski definition) is 0. The number of ether oxygens (including phenoxy) is 2. The minimum atomic E-state index is 0.810.